The Kier molecular flexibility index (Phi) is 4.44. The van der Waals surface area contributed by atoms with E-state index in [1.165, 1.54) is 36.7 Å². The van der Waals surface area contributed by atoms with Crippen molar-refractivity contribution in [1.82, 2.24) is 4.98 Å². The molecule has 0 saturated carbocycles. The summed E-state index contributed by atoms with van der Waals surface area (Å²) in [5.41, 5.74) is 0.179. The van der Waals surface area contributed by atoms with Gasteiger partial charge in [-0.2, -0.15) is 4.98 Å². The van der Waals surface area contributed by atoms with Gasteiger partial charge in [-0.05, 0) is 30.3 Å². The minimum atomic E-state index is -0.986. The van der Waals surface area contributed by atoms with Crippen molar-refractivity contribution in [3.8, 4) is 5.75 Å². The Morgan fingerprint density at radius 1 is 1.24 bits per heavy atom. The number of phenols is 1. The molecular weight excluding hydrogens is 226 g/mol. The number of nitrogens with zero attached hydrogens (tertiary/aromatic N) is 1. The fraction of sp³-hybridized carbons (Fsp3) is 0. The Labute approximate surface area is 95.8 Å². The summed E-state index contributed by atoms with van der Waals surface area (Å²) in [7, 11) is 0. The molecule has 0 saturated heterocycles. The summed E-state index contributed by atoms with van der Waals surface area (Å²) in [5, 5.41) is 17.1. The van der Waals surface area contributed by atoms with Gasteiger partial charge in [0.1, 0.15) is 5.75 Å². The van der Waals surface area contributed by atoms with Crippen LogP contribution in [0.3, 0.4) is 0 Å². The first-order valence-corrected chi connectivity index (χ1v) is 4.52. The summed E-state index contributed by atoms with van der Waals surface area (Å²) in [6.07, 6.45) is 2.67. The number of aromatic hydroxyl groups is 1. The fourth-order valence-electron chi connectivity index (χ4n) is 0.871. The van der Waals surface area contributed by atoms with Crippen molar-refractivity contribution >= 4 is 5.97 Å². The van der Waals surface area contributed by atoms with Crippen LogP contribution in [0.25, 0.3) is 0 Å². The molecular formula is C11H9NO5. The third-order valence-electron chi connectivity index (χ3n) is 1.63. The predicted molar refractivity (Wildman–Crippen MR) is 57.8 cm³/mol. The van der Waals surface area contributed by atoms with Gasteiger partial charge in [0.25, 0.3) is 0 Å². The largest absolute Gasteiger partial charge is 0.508 e. The highest BCUT2D eigenvalue weighted by molar-refractivity contribution is 5.87. The van der Waals surface area contributed by atoms with Crippen molar-refractivity contribution in [1.29, 1.82) is 0 Å². The fourth-order valence-corrected chi connectivity index (χ4v) is 0.871. The molecule has 6 nitrogen and oxygen atoms in total. The van der Waals surface area contributed by atoms with Crippen LogP contribution < -0.4 is 5.76 Å². The van der Waals surface area contributed by atoms with Gasteiger partial charge in [-0.1, -0.05) is 0 Å². The van der Waals surface area contributed by atoms with E-state index in [-0.39, 0.29) is 11.3 Å². The Morgan fingerprint density at radius 2 is 1.88 bits per heavy atom. The first-order chi connectivity index (χ1) is 8.09. The van der Waals surface area contributed by atoms with Crippen LogP contribution in [-0.2, 0) is 0 Å². The first-order valence-electron chi connectivity index (χ1n) is 4.52. The number of carboxylic acid groups (broad SMARTS) is 1. The van der Waals surface area contributed by atoms with Crippen LogP contribution in [0.1, 0.15) is 10.4 Å². The van der Waals surface area contributed by atoms with Crippen LogP contribution in [0.15, 0.2) is 52.0 Å². The molecule has 0 amide bonds. The number of carboxylic acids is 1. The van der Waals surface area contributed by atoms with Crippen molar-refractivity contribution in [3.05, 3.63) is 58.9 Å². The second kappa shape index (κ2) is 6.06. The van der Waals surface area contributed by atoms with Crippen LogP contribution in [0, 0.1) is 0 Å². The van der Waals surface area contributed by atoms with E-state index in [4.69, 9.17) is 10.2 Å². The van der Waals surface area contributed by atoms with Gasteiger partial charge in [0.05, 0.1) is 11.8 Å². The van der Waals surface area contributed by atoms with E-state index in [2.05, 4.69) is 9.40 Å². The lowest BCUT2D eigenvalue weighted by molar-refractivity contribution is 0.0697. The minimum Gasteiger partial charge on any atom is -0.508 e. The Balaban J connectivity index is 0.000000181. The second-order valence-electron chi connectivity index (χ2n) is 2.84. The van der Waals surface area contributed by atoms with Gasteiger partial charge in [-0.3, -0.25) is 0 Å². The molecule has 0 bridgehead atoms. The maximum absolute atomic E-state index is 10.2. The van der Waals surface area contributed by atoms with E-state index in [1.54, 1.807) is 6.07 Å². The van der Waals surface area contributed by atoms with Crippen LogP contribution in [0.5, 0.6) is 5.75 Å². The molecule has 0 aliphatic heterocycles. The number of aromatic nitrogens is 1. The van der Waals surface area contributed by atoms with Gasteiger partial charge in [0.15, 0.2) is 0 Å². The summed E-state index contributed by atoms with van der Waals surface area (Å²) in [6, 6.07) is 6.91. The molecule has 2 N–H and O–H groups in total. The Bertz CT molecular complexity index is 515. The number of benzene rings is 1. The quantitative estimate of drug-likeness (QED) is 0.768. The van der Waals surface area contributed by atoms with E-state index in [0.717, 1.165) is 0 Å². The highest BCUT2D eigenvalue weighted by Gasteiger charge is 1.99. The minimum absolute atomic E-state index is 0.0741. The molecule has 17 heavy (non-hydrogen) atoms. The van der Waals surface area contributed by atoms with Crippen molar-refractivity contribution in [3.63, 3.8) is 0 Å². The molecule has 0 atom stereocenters. The summed E-state index contributed by atoms with van der Waals surface area (Å²) in [6.45, 7) is 0. The van der Waals surface area contributed by atoms with Crippen molar-refractivity contribution in [2.45, 2.75) is 0 Å². The van der Waals surface area contributed by atoms with E-state index in [0.29, 0.717) is 0 Å². The maximum Gasteiger partial charge on any atom is 0.438 e. The Hall–Kier alpha value is -2.63. The van der Waals surface area contributed by atoms with Crippen molar-refractivity contribution in [2.24, 2.45) is 0 Å². The molecule has 1 aromatic heterocycles. The van der Waals surface area contributed by atoms with E-state index in [9.17, 15) is 9.59 Å². The smallest absolute Gasteiger partial charge is 0.438 e. The molecule has 1 aromatic carbocycles. The molecule has 0 radical (unpaired) electrons. The molecule has 2 rings (SSSR count). The van der Waals surface area contributed by atoms with Gasteiger partial charge in [-0.25, -0.2) is 9.59 Å². The topological polar surface area (TPSA) is 101 Å². The van der Waals surface area contributed by atoms with Crippen molar-refractivity contribution in [2.75, 3.05) is 0 Å². The normalized spacial score (nSPS) is 8.94. The average molecular weight is 235 g/mol. The lowest BCUT2D eigenvalue weighted by atomic mass is 10.2. The molecule has 2 aromatic rings. The number of phenolic OH excluding ortho intramolecular Hbond substituents is 1. The van der Waals surface area contributed by atoms with Gasteiger partial charge in [0, 0.05) is 6.20 Å². The second-order valence-corrected chi connectivity index (χ2v) is 2.84. The summed E-state index contributed by atoms with van der Waals surface area (Å²) in [4.78, 5) is 23.5. The summed E-state index contributed by atoms with van der Waals surface area (Å²) < 4.78 is 4.26. The summed E-state index contributed by atoms with van der Waals surface area (Å²) in [5.74, 6) is -1.47. The lowest BCUT2D eigenvalue weighted by Crippen LogP contribution is -1.98. The SMILES string of the molecule is O=C(O)c1ccc(O)cc1.O=c1nccco1. The molecule has 0 aliphatic carbocycles. The zero-order valence-electron chi connectivity index (χ0n) is 8.61. The lowest BCUT2D eigenvalue weighted by Gasteiger charge is -1.92. The molecule has 6 heteroatoms. The molecule has 88 valence electrons. The van der Waals surface area contributed by atoms with Crippen LogP contribution in [0.4, 0.5) is 0 Å². The third-order valence-corrected chi connectivity index (χ3v) is 1.63. The maximum atomic E-state index is 10.2. The summed E-state index contributed by atoms with van der Waals surface area (Å²) >= 11 is 0. The zero-order valence-corrected chi connectivity index (χ0v) is 8.61. The monoisotopic (exact) mass is 235 g/mol. The van der Waals surface area contributed by atoms with Gasteiger partial charge in [-0.15, -0.1) is 0 Å². The molecule has 0 spiro atoms. The first kappa shape index (κ1) is 12.4. The average Bonchev–Trinajstić information content (AvgIpc) is 2.31. The van der Waals surface area contributed by atoms with Gasteiger partial charge >= 0.3 is 11.7 Å². The van der Waals surface area contributed by atoms with Crippen LogP contribution in [-0.4, -0.2) is 21.2 Å². The standard InChI is InChI=1S/C7H6O3.C4H3NO2/c8-6-3-1-5(2-4-6)7(9)10;6-4-5-2-1-3-7-4/h1-4,8H,(H,9,10);1-3H. The van der Waals surface area contributed by atoms with Crippen LogP contribution in [0.2, 0.25) is 0 Å². The van der Waals surface area contributed by atoms with E-state index < -0.39 is 11.7 Å². The third kappa shape index (κ3) is 4.61. The number of hydrogen-bond donors (Lipinski definition) is 2. The molecule has 0 aliphatic rings. The highest BCUT2D eigenvalue weighted by atomic mass is 16.4. The number of carbonyl (C=O) groups is 1. The van der Waals surface area contributed by atoms with Gasteiger partial charge < -0.3 is 14.6 Å². The highest BCUT2D eigenvalue weighted by Crippen LogP contribution is 2.08. The van der Waals surface area contributed by atoms with E-state index >= 15 is 0 Å². The predicted octanol–water partition coefficient (Wildman–Crippen LogP) is 1.13. The number of hydrogen-bond acceptors (Lipinski definition) is 5. The van der Waals surface area contributed by atoms with Crippen LogP contribution >= 0.6 is 0 Å². The van der Waals surface area contributed by atoms with Gasteiger partial charge in [0.2, 0.25) is 0 Å². The van der Waals surface area contributed by atoms with Crippen molar-refractivity contribution < 1.29 is 19.4 Å². The number of rotatable bonds is 1. The zero-order chi connectivity index (χ0) is 12.7. The molecule has 1 heterocycles. The number of aromatic carboxylic acids is 1. The van der Waals surface area contributed by atoms with E-state index in [1.807, 2.05) is 0 Å². The molecule has 0 fully saturated rings. The molecule has 0 unspecified atom stereocenters. The Morgan fingerprint density at radius 3 is 2.24 bits per heavy atom.